The predicted molar refractivity (Wildman–Crippen MR) is 115 cm³/mol. The summed E-state index contributed by atoms with van der Waals surface area (Å²) in [5.41, 5.74) is 2.36. The molecule has 4 heterocycles. The van der Waals surface area contributed by atoms with Gasteiger partial charge < -0.3 is 9.88 Å². The minimum absolute atomic E-state index is 0.146. The molecule has 1 aromatic carbocycles. The second-order valence-corrected chi connectivity index (χ2v) is 8.16. The molecule has 4 aromatic rings. The lowest BCUT2D eigenvalue weighted by atomic mass is 10.1. The normalized spacial score (nSPS) is 15.4. The zero-order chi connectivity index (χ0) is 22.3. The van der Waals surface area contributed by atoms with E-state index in [2.05, 4.69) is 15.1 Å². The van der Waals surface area contributed by atoms with Gasteiger partial charge in [0.2, 0.25) is 0 Å². The molecule has 6 nitrogen and oxygen atoms in total. The molecular formula is C23H22F3N5O. The molecule has 0 unspecified atom stereocenters. The molecule has 0 saturated carbocycles. The molecule has 3 aromatic heterocycles. The van der Waals surface area contributed by atoms with Crippen molar-refractivity contribution in [2.24, 2.45) is 0 Å². The number of benzene rings is 1. The van der Waals surface area contributed by atoms with Gasteiger partial charge in [-0.05, 0) is 25.0 Å². The number of hydrogen-bond acceptors (Lipinski definition) is 3. The van der Waals surface area contributed by atoms with Gasteiger partial charge in [0.1, 0.15) is 17.9 Å². The summed E-state index contributed by atoms with van der Waals surface area (Å²) in [5.74, 6) is -0.248. The number of amides is 1. The van der Waals surface area contributed by atoms with Gasteiger partial charge in [0.15, 0.2) is 0 Å². The molecule has 1 aliphatic rings. The van der Waals surface area contributed by atoms with Gasteiger partial charge in [0.05, 0.1) is 5.52 Å². The lowest BCUT2D eigenvalue weighted by Crippen LogP contribution is -2.32. The molecule has 1 aliphatic heterocycles. The van der Waals surface area contributed by atoms with E-state index in [4.69, 9.17) is 0 Å². The number of carbonyl (C=O) groups excluding carboxylic acids is 1. The summed E-state index contributed by atoms with van der Waals surface area (Å²) in [6, 6.07) is 8.97. The Kier molecular flexibility index (Phi) is 5.11. The van der Waals surface area contributed by atoms with Crippen molar-refractivity contribution in [3.63, 3.8) is 0 Å². The fourth-order valence-electron chi connectivity index (χ4n) is 4.38. The molecule has 0 aliphatic carbocycles. The Morgan fingerprint density at radius 2 is 1.81 bits per heavy atom. The van der Waals surface area contributed by atoms with Gasteiger partial charge in [-0.2, -0.15) is 18.3 Å². The summed E-state index contributed by atoms with van der Waals surface area (Å²) in [4.78, 5) is 22.2. The molecule has 0 atom stereocenters. The average molecular weight is 441 g/mol. The lowest BCUT2D eigenvalue weighted by Gasteiger charge is -2.19. The summed E-state index contributed by atoms with van der Waals surface area (Å²) in [6.07, 6.45) is 2.74. The Morgan fingerprint density at radius 1 is 1.06 bits per heavy atom. The van der Waals surface area contributed by atoms with Crippen LogP contribution < -0.4 is 0 Å². The number of carbonyl (C=O) groups is 1. The Labute approximate surface area is 182 Å². The number of halogens is 3. The van der Waals surface area contributed by atoms with Gasteiger partial charge in [0.25, 0.3) is 5.91 Å². The van der Waals surface area contributed by atoms with Crippen molar-refractivity contribution in [3.05, 3.63) is 48.4 Å². The van der Waals surface area contributed by atoms with Crippen molar-refractivity contribution in [1.29, 1.82) is 0 Å². The number of aromatic nitrogens is 4. The number of nitrogens with one attached hydrogen (secondary N) is 1. The van der Waals surface area contributed by atoms with Gasteiger partial charge in [-0.25, -0.2) is 0 Å². The van der Waals surface area contributed by atoms with Crippen LogP contribution in [0.1, 0.15) is 36.2 Å². The van der Waals surface area contributed by atoms with Gasteiger partial charge >= 0.3 is 6.18 Å². The standard InChI is InChI=1S/C23H22F3N5O/c24-23(25,26)14-31-20-11-19(22(32)30-9-5-1-2-6-10-30)28-13-17(20)21(29-31)16-12-27-18-8-4-3-7-15(16)18/h3-4,7-8,11-13,27H,1-2,5-6,9-10,14H2. The second kappa shape index (κ2) is 7.96. The van der Waals surface area contributed by atoms with Crippen molar-refractivity contribution in [2.75, 3.05) is 13.1 Å². The van der Waals surface area contributed by atoms with Crippen LogP contribution in [0.25, 0.3) is 33.1 Å². The molecule has 0 spiro atoms. The van der Waals surface area contributed by atoms with Crippen LogP contribution in [0.3, 0.4) is 0 Å². The van der Waals surface area contributed by atoms with Crippen molar-refractivity contribution in [3.8, 4) is 11.3 Å². The van der Waals surface area contributed by atoms with E-state index >= 15 is 0 Å². The number of fused-ring (bicyclic) bond motifs is 2. The van der Waals surface area contributed by atoms with Crippen molar-refractivity contribution in [1.82, 2.24) is 24.6 Å². The third-order valence-electron chi connectivity index (χ3n) is 5.92. The van der Waals surface area contributed by atoms with Crippen LogP contribution in [0.2, 0.25) is 0 Å². The summed E-state index contributed by atoms with van der Waals surface area (Å²) in [5, 5.41) is 5.64. The van der Waals surface area contributed by atoms with Crippen LogP contribution in [0.15, 0.2) is 42.7 Å². The van der Waals surface area contributed by atoms with E-state index < -0.39 is 12.7 Å². The molecule has 166 valence electrons. The zero-order valence-corrected chi connectivity index (χ0v) is 17.3. The maximum atomic E-state index is 13.3. The molecule has 9 heteroatoms. The fraction of sp³-hybridized carbons (Fsp3) is 0.348. The first-order valence-corrected chi connectivity index (χ1v) is 10.7. The summed E-state index contributed by atoms with van der Waals surface area (Å²) < 4.78 is 40.9. The highest BCUT2D eigenvalue weighted by molar-refractivity contribution is 6.04. The molecule has 0 radical (unpaired) electrons. The maximum absolute atomic E-state index is 13.3. The first-order chi connectivity index (χ1) is 15.4. The van der Waals surface area contributed by atoms with E-state index in [0.29, 0.717) is 29.7 Å². The van der Waals surface area contributed by atoms with Crippen molar-refractivity contribution >= 4 is 27.7 Å². The van der Waals surface area contributed by atoms with E-state index in [-0.39, 0.29) is 17.1 Å². The number of aromatic amines is 1. The Morgan fingerprint density at radius 3 is 2.56 bits per heavy atom. The van der Waals surface area contributed by atoms with Gasteiger partial charge in [-0.3, -0.25) is 14.5 Å². The first-order valence-electron chi connectivity index (χ1n) is 10.7. The van der Waals surface area contributed by atoms with Gasteiger partial charge in [-0.15, -0.1) is 0 Å². The number of H-pyrrole nitrogens is 1. The molecule has 1 fully saturated rings. The Balaban J connectivity index is 1.62. The lowest BCUT2D eigenvalue weighted by molar-refractivity contribution is -0.141. The molecule has 0 bridgehead atoms. The zero-order valence-electron chi connectivity index (χ0n) is 17.3. The van der Waals surface area contributed by atoms with Crippen LogP contribution in [0.5, 0.6) is 0 Å². The topological polar surface area (TPSA) is 66.8 Å². The summed E-state index contributed by atoms with van der Waals surface area (Å²) in [7, 11) is 0. The van der Waals surface area contributed by atoms with Crippen LogP contribution in [-0.2, 0) is 6.54 Å². The largest absolute Gasteiger partial charge is 0.408 e. The maximum Gasteiger partial charge on any atom is 0.408 e. The molecule has 1 N–H and O–H groups in total. The minimum atomic E-state index is -4.45. The highest BCUT2D eigenvalue weighted by Gasteiger charge is 2.31. The first kappa shape index (κ1) is 20.5. The molecule has 1 amide bonds. The molecular weight excluding hydrogens is 419 g/mol. The quantitative estimate of drug-likeness (QED) is 0.478. The van der Waals surface area contributed by atoms with Crippen LogP contribution in [0, 0.1) is 0 Å². The number of alkyl halides is 3. The number of pyridine rings is 1. The number of hydrogen-bond donors (Lipinski definition) is 1. The van der Waals surface area contributed by atoms with Gasteiger partial charge in [-0.1, -0.05) is 31.0 Å². The van der Waals surface area contributed by atoms with Gasteiger partial charge in [0, 0.05) is 47.3 Å². The SMILES string of the molecule is O=C(c1cc2c(cn1)c(-c1c[nH]c3ccccc13)nn2CC(F)(F)F)N1CCCCCC1. The van der Waals surface area contributed by atoms with Crippen LogP contribution in [0.4, 0.5) is 13.2 Å². The van der Waals surface area contributed by atoms with Crippen LogP contribution in [-0.4, -0.2) is 49.8 Å². The molecule has 5 rings (SSSR count). The highest BCUT2D eigenvalue weighted by Crippen LogP contribution is 2.34. The Hall–Kier alpha value is -3.36. The second-order valence-electron chi connectivity index (χ2n) is 8.16. The van der Waals surface area contributed by atoms with Crippen molar-refractivity contribution < 1.29 is 18.0 Å². The van der Waals surface area contributed by atoms with E-state index in [1.807, 2.05) is 24.3 Å². The predicted octanol–water partition coefficient (Wildman–Crippen LogP) is 5.16. The van der Waals surface area contributed by atoms with E-state index in [0.717, 1.165) is 41.3 Å². The molecule has 32 heavy (non-hydrogen) atoms. The van der Waals surface area contributed by atoms with E-state index in [1.165, 1.54) is 12.3 Å². The highest BCUT2D eigenvalue weighted by atomic mass is 19.4. The number of nitrogens with zero attached hydrogens (tertiary/aromatic N) is 4. The van der Waals surface area contributed by atoms with Crippen molar-refractivity contribution in [2.45, 2.75) is 38.4 Å². The number of likely N-dealkylation sites (tertiary alicyclic amines) is 1. The number of rotatable bonds is 3. The average Bonchev–Trinajstić information content (AvgIpc) is 3.21. The van der Waals surface area contributed by atoms with E-state index in [1.54, 1.807) is 11.1 Å². The fourth-order valence-corrected chi connectivity index (χ4v) is 4.38. The third kappa shape index (κ3) is 3.83. The smallest absolute Gasteiger partial charge is 0.360 e. The molecule has 1 saturated heterocycles. The monoisotopic (exact) mass is 441 g/mol. The third-order valence-corrected chi connectivity index (χ3v) is 5.92. The summed E-state index contributed by atoms with van der Waals surface area (Å²) >= 11 is 0. The summed E-state index contributed by atoms with van der Waals surface area (Å²) in [6.45, 7) is 0.0368. The van der Waals surface area contributed by atoms with Crippen LogP contribution >= 0.6 is 0 Å². The number of para-hydroxylation sites is 1. The minimum Gasteiger partial charge on any atom is -0.360 e. The van der Waals surface area contributed by atoms with E-state index in [9.17, 15) is 18.0 Å². The Bertz CT molecular complexity index is 1280.